The number of nitrogens with zero attached hydrogens (tertiary/aromatic N) is 4. The Morgan fingerprint density at radius 1 is 1.04 bits per heavy atom. The Morgan fingerprint density at radius 2 is 1.83 bits per heavy atom. The number of benzene rings is 2. The van der Waals surface area contributed by atoms with Crippen LogP contribution in [0, 0.1) is 18.7 Å². The number of sulfonamides is 1. The lowest BCUT2D eigenvalue weighted by Crippen LogP contribution is -2.47. The van der Waals surface area contributed by atoms with Crippen molar-refractivity contribution < 1.29 is 27.1 Å². The first kappa shape index (κ1) is 33.4. The van der Waals surface area contributed by atoms with E-state index in [2.05, 4.69) is 20.0 Å². The van der Waals surface area contributed by atoms with E-state index >= 15 is 4.39 Å². The van der Waals surface area contributed by atoms with E-state index in [4.69, 9.17) is 14.5 Å². The number of halogens is 1. The Morgan fingerprint density at radius 3 is 2.60 bits per heavy atom. The van der Waals surface area contributed by atoms with E-state index < -0.39 is 21.4 Å². The Labute approximate surface area is 280 Å². The maximum Gasteiger partial charge on any atom is 0.410 e. The minimum Gasteiger partial charge on any atom is -0.444 e. The second-order valence-electron chi connectivity index (χ2n) is 13.5. The van der Waals surface area contributed by atoms with Crippen LogP contribution in [0.1, 0.15) is 58.4 Å². The molecule has 4 aromatic rings. The molecular formula is C35H41FN6O5S. The number of hydrogen-bond acceptors (Lipinski definition) is 9. The standard InChI is InChI=1S/C35H41FN6O5S/c1-22-9-12-25-26(13-14-28(36)30(25)41-48(44,45)20-16-23-10-11-23)31(22)46-32-27(8-5-17-37-32)29-15-18-38-33(40-29)39-24-7-6-19-42(21-24)34(43)47-35(2,3)4/h5,8-9,12-15,17-18,23-24,41H,6-7,10-11,16,19-21H2,1-4H3,(H,38,39,40). The molecule has 0 bridgehead atoms. The quantitative estimate of drug-likeness (QED) is 0.178. The van der Waals surface area contributed by atoms with Crippen LogP contribution in [0.25, 0.3) is 22.0 Å². The number of nitrogens with one attached hydrogen (secondary N) is 2. The fraction of sp³-hybridized carbons (Fsp3) is 0.429. The third-order valence-electron chi connectivity index (χ3n) is 8.35. The highest BCUT2D eigenvalue weighted by atomic mass is 32.2. The molecule has 0 radical (unpaired) electrons. The number of aromatic nitrogens is 3. The van der Waals surface area contributed by atoms with Gasteiger partial charge in [0.25, 0.3) is 0 Å². The number of likely N-dealkylation sites (tertiary alicyclic amines) is 1. The lowest BCUT2D eigenvalue weighted by Gasteiger charge is -2.34. The molecule has 1 saturated carbocycles. The summed E-state index contributed by atoms with van der Waals surface area (Å²) in [5, 5.41) is 4.28. The van der Waals surface area contributed by atoms with Crippen LogP contribution in [0.2, 0.25) is 0 Å². The SMILES string of the molecule is Cc1ccc2c(NS(=O)(=O)CCC3CC3)c(F)ccc2c1Oc1ncccc1-c1ccnc(NC2CCCN(C(=O)OC(C)(C)C)C2)n1. The van der Waals surface area contributed by atoms with Gasteiger partial charge in [0.2, 0.25) is 21.9 Å². The zero-order valence-electron chi connectivity index (χ0n) is 27.6. The number of piperidine rings is 1. The molecule has 1 atom stereocenters. The van der Waals surface area contributed by atoms with Gasteiger partial charge in [-0.25, -0.2) is 32.6 Å². The minimum absolute atomic E-state index is 0.0570. The topological polar surface area (TPSA) is 136 Å². The van der Waals surface area contributed by atoms with Crippen LogP contribution in [0.4, 0.5) is 20.8 Å². The van der Waals surface area contributed by atoms with Crippen molar-refractivity contribution in [3.8, 4) is 22.9 Å². The first-order valence-electron chi connectivity index (χ1n) is 16.3. The largest absolute Gasteiger partial charge is 0.444 e. The number of hydrogen-bond donors (Lipinski definition) is 2. The van der Waals surface area contributed by atoms with Crippen molar-refractivity contribution in [1.82, 2.24) is 19.9 Å². The van der Waals surface area contributed by atoms with Crippen molar-refractivity contribution in [3.05, 3.63) is 66.2 Å². The summed E-state index contributed by atoms with van der Waals surface area (Å²) >= 11 is 0. The molecule has 2 N–H and O–H groups in total. The summed E-state index contributed by atoms with van der Waals surface area (Å²) in [5.74, 6) is 0.786. The summed E-state index contributed by atoms with van der Waals surface area (Å²) in [5.41, 5.74) is 1.23. The molecular weight excluding hydrogens is 635 g/mol. The van der Waals surface area contributed by atoms with Gasteiger partial charge in [0.1, 0.15) is 17.2 Å². The van der Waals surface area contributed by atoms with E-state index in [1.54, 1.807) is 47.6 Å². The van der Waals surface area contributed by atoms with Gasteiger partial charge >= 0.3 is 6.09 Å². The summed E-state index contributed by atoms with van der Waals surface area (Å²) in [6, 6.07) is 11.6. The van der Waals surface area contributed by atoms with Gasteiger partial charge < -0.3 is 19.7 Å². The normalized spacial score (nSPS) is 16.9. The van der Waals surface area contributed by atoms with Crippen molar-refractivity contribution >= 4 is 38.5 Å². The van der Waals surface area contributed by atoms with Crippen molar-refractivity contribution in [1.29, 1.82) is 0 Å². The van der Waals surface area contributed by atoms with E-state index in [-0.39, 0.29) is 29.5 Å². The number of carbonyl (C=O) groups excluding carboxylic acids is 1. The van der Waals surface area contributed by atoms with E-state index in [0.717, 1.165) is 31.2 Å². The summed E-state index contributed by atoms with van der Waals surface area (Å²) in [6.45, 7) is 8.49. The van der Waals surface area contributed by atoms with Crippen LogP contribution in [-0.2, 0) is 14.8 Å². The van der Waals surface area contributed by atoms with Gasteiger partial charge in [0.15, 0.2) is 0 Å². The fourth-order valence-corrected chi connectivity index (χ4v) is 7.01. The molecule has 1 aliphatic carbocycles. The first-order valence-corrected chi connectivity index (χ1v) is 17.9. The molecule has 2 fully saturated rings. The van der Waals surface area contributed by atoms with Crippen molar-refractivity contribution in [2.24, 2.45) is 5.92 Å². The van der Waals surface area contributed by atoms with Gasteiger partial charge in [-0.2, -0.15) is 0 Å². The number of anilines is 2. The number of rotatable bonds is 10. The van der Waals surface area contributed by atoms with Gasteiger partial charge in [-0.3, -0.25) is 4.72 Å². The Kier molecular flexibility index (Phi) is 9.41. The number of aryl methyl sites for hydroxylation is 1. The lowest BCUT2D eigenvalue weighted by atomic mass is 10.0. The molecule has 2 aromatic heterocycles. The summed E-state index contributed by atoms with van der Waals surface area (Å²) < 4.78 is 55.3. The van der Waals surface area contributed by atoms with Crippen LogP contribution in [-0.4, -0.2) is 64.8 Å². The van der Waals surface area contributed by atoms with Crippen molar-refractivity contribution in [3.63, 3.8) is 0 Å². The number of ether oxygens (including phenoxy) is 2. The van der Waals surface area contributed by atoms with Crippen LogP contribution in [0.5, 0.6) is 11.6 Å². The van der Waals surface area contributed by atoms with Crippen LogP contribution >= 0.6 is 0 Å². The van der Waals surface area contributed by atoms with Gasteiger partial charge in [-0.15, -0.1) is 0 Å². The number of carbonyl (C=O) groups is 1. The monoisotopic (exact) mass is 676 g/mol. The maximum absolute atomic E-state index is 15.1. The highest BCUT2D eigenvalue weighted by molar-refractivity contribution is 7.92. The zero-order valence-corrected chi connectivity index (χ0v) is 28.4. The lowest BCUT2D eigenvalue weighted by molar-refractivity contribution is 0.0206. The first-order chi connectivity index (χ1) is 22.8. The van der Waals surface area contributed by atoms with Gasteiger partial charge in [0.05, 0.1) is 22.7 Å². The number of amides is 1. The molecule has 2 aliphatic rings. The number of fused-ring (bicyclic) bond motifs is 1. The summed E-state index contributed by atoms with van der Waals surface area (Å²) in [4.78, 5) is 28.0. The second-order valence-corrected chi connectivity index (χ2v) is 15.4. The molecule has 1 unspecified atom stereocenters. The van der Waals surface area contributed by atoms with E-state index in [1.807, 2.05) is 33.8 Å². The van der Waals surface area contributed by atoms with Crippen molar-refractivity contribution in [2.45, 2.75) is 71.4 Å². The third kappa shape index (κ3) is 8.12. The molecule has 2 aromatic carbocycles. The Hall–Kier alpha value is -4.52. The molecule has 13 heteroatoms. The van der Waals surface area contributed by atoms with Crippen LogP contribution in [0.3, 0.4) is 0 Å². The average Bonchev–Trinajstić information content (AvgIpc) is 3.87. The molecule has 3 heterocycles. The van der Waals surface area contributed by atoms with Crippen molar-refractivity contribution in [2.75, 3.05) is 28.9 Å². The summed E-state index contributed by atoms with van der Waals surface area (Å²) in [7, 11) is -3.75. The highest BCUT2D eigenvalue weighted by Crippen LogP contribution is 2.40. The molecule has 0 spiro atoms. The van der Waals surface area contributed by atoms with Crippen LogP contribution in [0.15, 0.2) is 54.9 Å². The molecule has 6 rings (SSSR count). The molecule has 48 heavy (non-hydrogen) atoms. The molecule has 1 saturated heterocycles. The maximum atomic E-state index is 15.1. The third-order valence-corrected chi connectivity index (χ3v) is 9.64. The van der Waals surface area contributed by atoms with Gasteiger partial charge in [0, 0.05) is 42.3 Å². The minimum atomic E-state index is -3.75. The fourth-order valence-electron chi connectivity index (χ4n) is 5.75. The highest BCUT2D eigenvalue weighted by Gasteiger charge is 2.29. The smallest absolute Gasteiger partial charge is 0.410 e. The Bertz CT molecular complexity index is 1930. The second kappa shape index (κ2) is 13.5. The van der Waals surface area contributed by atoms with Crippen LogP contribution < -0.4 is 14.8 Å². The Balaban J connectivity index is 1.24. The zero-order chi connectivity index (χ0) is 34.1. The molecule has 1 amide bonds. The summed E-state index contributed by atoms with van der Waals surface area (Å²) in [6.07, 6.45) is 7.19. The average molecular weight is 677 g/mol. The predicted octanol–water partition coefficient (Wildman–Crippen LogP) is 7.28. The van der Waals surface area contributed by atoms with E-state index in [0.29, 0.717) is 59.2 Å². The predicted molar refractivity (Wildman–Crippen MR) is 183 cm³/mol. The van der Waals surface area contributed by atoms with Gasteiger partial charge in [-0.05, 0) is 88.8 Å². The molecule has 1 aliphatic heterocycles. The number of pyridine rings is 1. The molecule has 254 valence electrons. The van der Waals surface area contributed by atoms with Gasteiger partial charge in [-0.1, -0.05) is 25.0 Å². The molecule has 11 nitrogen and oxygen atoms in total. The van der Waals surface area contributed by atoms with E-state index in [9.17, 15) is 13.2 Å². The van der Waals surface area contributed by atoms with E-state index in [1.165, 1.54) is 6.07 Å².